The summed E-state index contributed by atoms with van der Waals surface area (Å²) in [5.74, 6) is 0. The molecule has 0 spiro atoms. The highest BCUT2D eigenvalue weighted by molar-refractivity contribution is 5.68. The molecule has 25 heavy (non-hydrogen) atoms. The molecule has 0 aromatic heterocycles. The molecule has 0 radical (unpaired) electrons. The van der Waals surface area contributed by atoms with E-state index >= 15 is 0 Å². The molecule has 0 amide bonds. The summed E-state index contributed by atoms with van der Waals surface area (Å²) in [6.45, 7) is 1.10. The van der Waals surface area contributed by atoms with Gasteiger partial charge in [0, 0.05) is 18.6 Å². The van der Waals surface area contributed by atoms with Gasteiger partial charge in [-0.05, 0) is 53.5 Å². The number of allylic oxidation sites excluding steroid dienone is 1. The minimum Gasteiger partial charge on any atom is -0.289 e. The maximum absolute atomic E-state index is 2.75. The lowest BCUT2D eigenvalue weighted by atomic mass is 9.82. The lowest BCUT2D eigenvalue weighted by Crippen LogP contribution is -2.48. The van der Waals surface area contributed by atoms with Crippen LogP contribution in [0.1, 0.15) is 42.4 Å². The fraction of sp³-hybridized carbons (Fsp3) is 0.333. The van der Waals surface area contributed by atoms with E-state index < -0.39 is 0 Å². The van der Waals surface area contributed by atoms with Crippen molar-refractivity contribution < 1.29 is 0 Å². The van der Waals surface area contributed by atoms with E-state index in [1.165, 1.54) is 42.4 Å². The predicted octanol–water partition coefficient (Wildman–Crippen LogP) is 5.38. The number of piperidine rings is 1. The minimum absolute atomic E-state index is 0.618. The zero-order chi connectivity index (χ0) is 16.6. The number of fused-ring (bicyclic) bond motifs is 3. The predicted molar refractivity (Wildman–Crippen MR) is 104 cm³/mol. The molecule has 2 heterocycles. The topological polar surface area (TPSA) is 3.24 Å². The largest absolute Gasteiger partial charge is 0.289 e. The average Bonchev–Trinajstić information content (AvgIpc) is 3.06. The van der Waals surface area contributed by atoms with Gasteiger partial charge in [-0.1, -0.05) is 73.2 Å². The van der Waals surface area contributed by atoms with Crippen molar-refractivity contribution in [2.45, 2.75) is 50.7 Å². The van der Waals surface area contributed by atoms with Gasteiger partial charge in [0.05, 0.1) is 0 Å². The van der Waals surface area contributed by atoms with E-state index in [1.807, 2.05) is 0 Å². The second-order valence-corrected chi connectivity index (χ2v) is 7.75. The molecule has 2 aromatic rings. The highest BCUT2D eigenvalue weighted by Gasteiger charge is 2.34. The quantitative estimate of drug-likeness (QED) is 0.731. The molecule has 1 nitrogen and oxygen atoms in total. The van der Waals surface area contributed by atoms with Gasteiger partial charge in [0.1, 0.15) is 0 Å². The highest BCUT2D eigenvalue weighted by Crippen LogP contribution is 2.39. The van der Waals surface area contributed by atoms with Crippen molar-refractivity contribution in [3.63, 3.8) is 0 Å². The normalized spacial score (nSPS) is 25.3. The van der Waals surface area contributed by atoms with Crippen LogP contribution in [-0.4, -0.2) is 17.0 Å². The molecule has 2 unspecified atom stereocenters. The number of nitrogens with zero attached hydrogens (tertiary/aromatic N) is 1. The third-order valence-corrected chi connectivity index (χ3v) is 6.17. The van der Waals surface area contributed by atoms with Crippen LogP contribution in [0.3, 0.4) is 0 Å². The summed E-state index contributed by atoms with van der Waals surface area (Å²) in [5, 5.41) is 0. The summed E-state index contributed by atoms with van der Waals surface area (Å²) in [6, 6.07) is 21.2. The van der Waals surface area contributed by atoms with Crippen LogP contribution in [0.2, 0.25) is 0 Å². The van der Waals surface area contributed by atoms with Gasteiger partial charge in [0.25, 0.3) is 0 Å². The van der Waals surface area contributed by atoms with Crippen molar-refractivity contribution in [3.8, 4) is 0 Å². The molecule has 0 saturated carbocycles. The second-order valence-electron chi connectivity index (χ2n) is 7.75. The van der Waals surface area contributed by atoms with Crippen molar-refractivity contribution in [2.75, 3.05) is 0 Å². The van der Waals surface area contributed by atoms with Crippen molar-refractivity contribution in [2.24, 2.45) is 0 Å². The van der Waals surface area contributed by atoms with E-state index in [-0.39, 0.29) is 0 Å². The first-order valence-electron chi connectivity index (χ1n) is 9.66. The molecule has 2 aromatic carbocycles. The summed E-state index contributed by atoms with van der Waals surface area (Å²) in [5.41, 5.74) is 7.56. The summed E-state index contributed by atoms with van der Waals surface area (Å²) < 4.78 is 0. The Labute approximate surface area is 150 Å². The summed E-state index contributed by atoms with van der Waals surface area (Å²) in [6.07, 6.45) is 11.4. The van der Waals surface area contributed by atoms with Crippen LogP contribution in [0.25, 0.3) is 6.08 Å². The fourth-order valence-corrected chi connectivity index (χ4v) is 4.88. The smallest absolute Gasteiger partial charge is 0.0290 e. The SMILES string of the molecule is C1=C(C2=CC3CCCC(C2)N3Cc2ccccc2)Cc2ccccc21. The molecule has 126 valence electrons. The monoisotopic (exact) mass is 327 g/mol. The summed E-state index contributed by atoms with van der Waals surface area (Å²) in [7, 11) is 0. The van der Waals surface area contributed by atoms with Gasteiger partial charge in [-0.2, -0.15) is 0 Å². The van der Waals surface area contributed by atoms with Crippen LogP contribution >= 0.6 is 0 Å². The van der Waals surface area contributed by atoms with Gasteiger partial charge in [-0.25, -0.2) is 0 Å². The first-order chi connectivity index (χ1) is 12.4. The lowest BCUT2D eigenvalue weighted by Gasteiger charge is -2.45. The van der Waals surface area contributed by atoms with Crippen molar-refractivity contribution in [1.29, 1.82) is 0 Å². The van der Waals surface area contributed by atoms with E-state index in [0.29, 0.717) is 12.1 Å². The Morgan fingerprint density at radius 3 is 2.56 bits per heavy atom. The fourth-order valence-electron chi connectivity index (χ4n) is 4.88. The van der Waals surface area contributed by atoms with Crippen molar-refractivity contribution in [3.05, 3.63) is 88.5 Å². The van der Waals surface area contributed by atoms with Crippen LogP contribution in [0.15, 0.2) is 71.8 Å². The lowest BCUT2D eigenvalue weighted by molar-refractivity contribution is 0.0893. The van der Waals surface area contributed by atoms with E-state index in [0.717, 1.165) is 13.0 Å². The van der Waals surface area contributed by atoms with Gasteiger partial charge >= 0.3 is 0 Å². The standard InChI is InChI=1S/C24H25N/c1-2-7-18(8-3-1)17-25-23-11-6-12-24(25)16-22(15-23)21-13-19-9-4-5-10-20(19)14-21/h1-5,7-10,13,15,23-24H,6,11-12,14,16-17H2. The Bertz CT molecular complexity index is 830. The zero-order valence-electron chi connectivity index (χ0n) is 14.7. The Balaban J connectivity index is 1.40. The molecule has 1 saturated heterocycles. The third kappa shape index (κ3) is 2.87. The van der Waals surface area contributed by atoms with Gasteiger partial charge in [0.2, 0.25) is 0 Å². The molecule has 1 fully saturated rings. The zero-order valence-corrected chi connectivity index (χ0v) is 14.7. The van der Waals surface area contributed by atoms with E-state index in [9.17, 15) is 0 Å². The molecule has 2 bridgehead atoms. The Kier molecular flexibility index (Phi) is 3.83. The van der Waals surface area contributed by atoms with Gasteiger partial charge < -0.3 is 0 Å². The van der Waals surface area contributed by atoms with E-state index in [4.69, 9.17) is 0 Å². The van der Waals surface area contributed by atoms with Crippen LogP contribution in [-0.2, 0) is 13.0 Å². The first-order valence-corrected chi connectivity index (χ1v) is 9.66. The molecule has 5 rings (SSSR count). The van der Waals surface area contributed by atoms with E-state index in [1.54, 1.807) is 11.1 Å². The van der Waals surface area contributed by atoms with Crippen LogP contribution in [0.5, 0.6) is 0 Å². The first kappa shape index (κ1) is 15.2. The van der Waals surface area contributed by atoms with Gasteiger partial charge in [-0.3, -0.25) is 4.90 Å². The molecule has 0 N–H and O–H groups in total. The summed E-state index contributed by atoms with van der Waals surface area (Å²) >= 11 is 0. The molecule has 2 atom stereocenters. The van der Waals surface area contributed by atoms with Gasteiger partial charge in [0.15, 0.2) is 0 Å². The molecule has 1 heteroatoms. The maximum Gasteiger partial charge on any atom is 0.0290 e. The molecule has 2 aliphatic heterocycles. The summed E-state index contributed by atoms with van der Waals surface area (Å²) in [4.78, 5) is 2.75. The van der Waals surface area contributed by atoms with Gasteiger partial charge in [-0.15, -0.1) is 0 Å². The second kappa shape index (κ2) is 6.31. The van der Waals surface area contributed by atoms with Crippen LogP contribution in [0.4, 0.5) is 0 Å². The molecule has 3 aliphatic rings. The Morgan fingerprint density at radius 1 is 0.880 bits per heavy atom. The number of hydrogen-bond donors (Lipinski definition) is 0. The molecule has 1 aliphatic carbocycles. The number of rotatable bonds is 3. The molecular weight excluding hydrogens is 302 g/mol. The Morgan fingerprint density at radius 2 is 1.72 bits per heavy atom. The molecular formula is C24H25N. The van der Waals surface area contributed by atoms with E-state index in [2.05, 4.69) is 71.6 Å². The number of benzene rings is 2. The number of hydrogen-bond acceptors (Lipinski definition) is 1. The highest BCUT2D eigenvalue weighted by atomic mass is 15.2. The van der Waals surface area contributed by atoms with Crippen LogP contribution < -0.4 is 0 Å². The van der Waals surface area contributed by atoms with Crippen LogP contribution in [0, 0.1) is 0 Å². The van der Waals surface area contributed by atoms with Crippen molar-refractivity contribution >= 4 is 6.08 Å². The minimum atomic E-state index is 0.618. The average molecular weight is 327 g/mol. The maximum atomic E-state index is 2.75. The third-order valence-electron chi connectivity index (χ3n) is 6.17. The Hall–Kier alpha value is -2.12. The van der Waals surface area contributed by atoms with Crippen molar-refractivity contribution in [1.82, 2.24) is 4.90 Å².